The molecule has 3 aromatic rings. The number of aliphatic hydroxyl groups excluding tert-OH is 1. The molecule has 0 atom stereocenters. The van der Waals surface area contributed by atoms with Crippen LogP contribution in [0, 0.1) is 17.2 Å². The zero-order valence-corrected chi connectivity index (χ0v) is 16.0. The summed E-state index contributed by atoms with van der Waals surface area (Å²) in [5, 5.41) is 19.4. The highest BCUT2D eigenvalue weighted by Crippen LogP contribution is 2.39. The summed E-state index contributed by atoms with van der Waals surface area (Å²) in [4.78, 5) is 7.31. The summed E-state index contributed by atoms with van der Waals surface area (Å²) in [5.41, 5.74) is 6.05. The zero-order valence-electron chi connectivity index (χ0n) is 15.2. The maximum Gasteiger partial charge on any atom is 0.157 e. The van der Waals surface area contributed by atoms with E-state index in [-0.39, 0.29) is 6.61 Å². The molecule has 0 amide bonds. The van der Waals surface area contributed by atoms with Crippen molar-refractivity contribution in [2.45, 2.75) is 25.0 Å². The second-order valence-electron chi connectivity index (χ2n) is 7.44. The van der Waals surface area contributed by atoms with Gasteiger partial charge in [0.2, 0.25) is 0 Å². The van der Waals surface area contributed by atoms with Gasteiger partial charge in [0.1, 0.15) is 11.9 Å². The minimum Gasteiger partial charge on any atom is -0.396 e. The largest absolute Gasteiger partial charge is 0.396 e. The lowest BCUT2D eigenvalue weighted by Gasteiger charge is -2.36. The smallest absolute Gasteiger partial charge is 0.157 e. The Kier molecular flexibility index (Phi) is 4.22. The van der Waals surface area contributed by atoms with Gasteiger partial charge in [-0.15, -0.1) is 0 Å². The summed E-state index contributed by atoms with van der Waals surface area (Å²) < 4.78 is 2.22. The third-order valence-electron chi connectivity index (χ3n) is 5.96. The van der Waals surface area contributed by atoms with E-state index in [1.165, 1.54) is 16.9 Å². The van der Waals surface area contributed by atoms with E-state index in [1.54, 1.807) is 0 Å². The van der Waals surface area contributed by atoms with Gasteiger partial charge in [-0.05, 0) is 48.6 Å². The van der Waals surface area contributed by atoms with Crippen LogP contribution in [0.1, 0.15) is 29.5 Å². The number of rotatable bonds is 2. The van der Waals surface area contributed by atoms with E-state index in [0.717, 1.165) is 66.1 Å². The zero-order chi connectivity index (χ0) is 18.4. The lowest BCUT2D eigenvalue weighted by molar-refractivity contribution is 0.202. The van der Waals surface area contributed by atoms with Crippen molar-refractivity contribution < 1.29 is 5.11 Å². The number of fused-ring (bicyclic) bond motifs is 4. The van der Waals surface area contributed by atoms with Crippen LogP contribution in [-0.2, 0) is 12.2 Å². The molecule has 4 heterocycles. The number of thioether (sulfide) groups is 1. The van der Waals surface area contributed by atoms with Crippen molar-refractivity contribution in [2.75, 3.05) is 30.3 Å². The number of aromatic nitrogens is 2. The Labute approximate surface area is 162 Å². The SMILES string of the molecule is N#Cc1c2c(c(N3CCC(CO)CC3)n3c1nc1ccccc13)CSCC2. The molecule has 0 aliphatic carbocycles. The number of nitriles is 1. The Balaban J connectivity index is 1.81. The standard InChI is InChI=1S/C21H22N4OS/c22-11-16-15-7-10-27-13-17(15)21(24-8-5-14(12-26)6-9-24)25-19-4-2-1-3-18(19)23-20(16)25/h1-4,14,26H,5-10,12-13H2. The molecule has 2 aliphatic rings. The molecule has 5 nitrogen and oxygen atoms in total. The second kappa shape index (κ2) is 6.74. The summed E-state index contributed by atoms with van der Waals surface area (Å²) in [6, 6.07) is 10.6. The highest BCUT2D eigenvalue weighted by atomic mass is 32.2. The molecular weight excluding hydrogens is 356 g/mol. The van der Waals surface area contributed by atoms with E-state index >= 15 is 0 Å². The number of hydrogen-bond donors (Lipinski definition) is 1. The highest BCUT2D eigenvalue weighted by Gasteiger charge is 2.29. The molecule has 1 aromatic carbocycles. The quantitative estimate of drug-likeness (QED) is 0.741. The molecule has 0 bridgehead atoms. The average Bonchev–Trinajstić information content (AvgIpc) is 3.11. The third-order valence-corrected chi connectivity index (χ3v) is 6.94. The molecule has 27 heavy (non-hydrogen) atoms. The van der Waals surface area contributed by atoms with E-state index < -0.39 is 0 Å². The fourth-order valence-corrected chi connectivity index (χ4v) is 5.52. The van der Waals surface area contributed by atoms with Crippen LogP contribution in [-0.4, -0.2) is 39.9 Å². The van der Waals surface area contributed by atoms with Crippen molar-refractivity contribution in [1.29, 1.82) is 5.26 Å². The Hall–Kier alpha value is -2.23. The van der Waals surface area contributed by atoms with E-state index in [0.29, 0.717) is 5.92 Å². The lowest BCUT2D eigenvalue weighted by atomic mass is 9.96. The maximum atomic E-state index is 9.93. The van der Waals surface area contributed by atoms with Gasteiger partial charge in [-0.1, -0.05) is 12.1 Å². The number of aliphatic hydroxyl groups is 1. The molecule has 1 N–H and O–H groups in total. The fraction of sp³-hybridized carbons (Fsp3) is 0.429. The molecule has 1 saturated heterocycles. The summed E-state index contributed by atoms with van der Waals surface area (Å²) in [6.45, 7) is 2.16. The first-order valence-corrected chi connectivity index (χ1v) is 10.8. The van der Waals surface area contributed by atoms with Crippen molar-refractivity contribution >= 4 is 34.3 Å². The predicted octanol–water partition coefficient (Wildman–Crippen LogP) is 3.36. The molecule has 5 rings (SSSR count). The van der Waals surface area contributed by atoms with Crippen LogP contribution >= 0.6 is 11.8 Å². The first-order valence-electron chi connectivity index (χ1n) is 9.60. The summed E-state index contributed by atoms with van der Waals surface area (Å²) in [7, 11) is 0. The number of piperidine rings is 1. The number of para-hydroxylation sites is 2. The number of hydrogen-bond acceptors (Lipinski definition) is 5. The van der Waals surface area contributed by atoms with E-state index in [2.05, 4.69) is 21.4 Å². The van der Waals surface area contributed by atoms with Gasteiger partial charge < -0.3 is 10.0 Å². The Morgan fingerprint density at radius 2 is 2.04 bits per heavy atom. The van der Waals surface area contributed by atoms with Gasteiger partial charge in [0.25, 0.3) is 0 Å². The minimum atomic E-state index is 0.276. The summed E-state index contributed by atoms with van der Waals surface area (Å²) >= 11 is 1.95. The monoisotopic (exact) mass is 378 g/mol. The first-order chi connectivity index (χ1) is 13.3. The van der Waals surface area contributed by atoms with Crippen LogP contribution in [0.25, 0.3) is 16.7 Å². The number of pyridine rings is 1. The Morgan fingerprint density at radius 3 is 2.81 bits per heavy atom. The van der Waals surface area contributed by atoms with Crippen LogP contribution < -0.4 is 4.90 Å². The number of imidazole rings is 1. The molecule has 0 radical (unpaired) electrons. The molecule has 0 saturated carbocycles. The van der Waals surface area contributed by atoms with Gasteiger partial charge in [0.15, 0.2) is 5.65 Å². The number of benzene rings is 1. The highest BCUT2D eigenvalue weighted by molar-refractivity contribution is 7.98. The van der Waals surface area contributed by atoms with Crippen LogP contribution in [0.2, 0.25) is 0 Å². The topological polar surface area (TPSA) is 64.6 Å². The van der Waals surface area contributed by atoms with Gasteiger partial charge in [-0.3, -0.25) is 4.40 Å². The van der Waals surface area contributed by atoms with E-state index in [1.807, 2.05) is 30.0 Å². The normalized spacial score (nSPS) is 18.0. The van der Waals surface area contributed by atoms with Crippen molar-refractivity contribution in [3.8, 4) is 6.07 Å². The molecule has 0 unspecified atom stereocenters. The minimum absolute atomic E-state index is 0.276. The van der Waals surface area contributed by atoms with Crippen LogP contribution in [0.3, 0.4) is 0 Å². The van der Waals surface area contributed by atoms with Crippen molar-refractivity contribution in [1.82, 2.24) is 9.38 Å². The fourth-order valence-electron chi connectivity index (χ4n) is 4.52. The third kappa shape index (κ3) is 2.60. The molecule has 2 aromatic heterocycles. The molecule has 2 aliphatic heterocycles. The van der Waals surface area contributed by atoms with E-state index in [9.17, 15) is 10.4 Å². The summed E-state index contributed by atoms with van der Waals surface area (Å²) in [6.07, 6.45) is 2.95. The van der Waals surface area contributed by atoms with Gasteiger partial charge in [-0.2, -0.15) is 17.0 Å². The predicted molar refractivity (Wildman–Crippen MR) is 109 cm³/mol. The molecule has 0 spiro atoms. The van der Waals surface area contributed by atoms with Gasteiger partial charge >= 0.3 is 0 Å². The van der Waals surface area contributed by atoms with E-state index in [4.69, 9.17) is 4.98 Å². The van der Waals surface area contributed by atoms with Crippen molar-refractivity contribution in [3.63, 3.8) is 0 Å². The Morgan fingerprint density at radius 1 is 1.22 bits per heavy atom. The maximum absolute atomic E-state index is 9.93. The van der Waals surface area contributed by atoms with Crippen LogP contribution in [0.15, 0.2) is 24.3 Å². The van der Waals surface area contributed by atoms with Crippen LogP contribution in [0.5, 0.6) is 0 Å². The number of anilines is 1. The Bertz CT molecular complexity index is 1060. The molecule has 1 fully saturated rings. The summed E-state index contributed by atoms with van der Waals surface area (Å²) in [5.74, 6) is 3.63. The molecule has 6 heteroatoms. The van der Waals surface area contributed by atoms with Gasteiger partial charge in [0, 0.05) is 31.0 Å². The lowest BCUT2D eigenvalue weighted by Crippen LogP contribution is -2.37. The van der Waals surface area contributed by atoms with Crippen molar-refractivity contribution in [2.24, 2.45) is 5.92 Å². The number of nitrogens with zero attached hydrogens (tertiary/aromatic N) is 4. The van der Waals surface area contributed by atoms with Gasteiger partial charge in [-0.25, -0.2) is 4.98 Å². The molecular formula is C21H22N4OS. The average molecular weight is 379 g/mol. The first kappa shape index (κ1) is 16.9. The second-order valence-corrected chi connectivity index (χ2v) is 8.55. The molecule has 138 valence electrons. The van der Waals surface area contributed by atoms with Crippen LogP contribution in [0.4, 0.5) is 5.82 Å². The van der Waals surface area contributed by atoms with Crippen molar-refractivity contribution in [3.05, 3.63) is 41.0 Å². The van der Waals surface area contributed by atoms with Gasteiger partial charge in [0.05, 0.1) is 16.6 Å².